The summed E-state index contributed by atoms with van der Waals surface area (Å²) in [5.74, 6) is 32.3. The van der Waals surface area contributed by atoms with Gasteiger partial charge in [-0.1, -0.05) is 318 Å². The van der Waals surface area contributed by atoms with Gasteiger partial charge in [-0.15, -0.1) is 44.3 Å². The van der Waals surface area contributed by atoms with Crippen molar-refractivity contribution < 1.29 is 0 Å². The highest BCUT2D eigenvalue weighted by molar-refractivity contribution is 6.90. The molecule has 16 heteroatoms. The van der Waals surface area contributed by atoms with Crippen LogP contribution in [0.5, 0.6) is 0 Å². The maximum absolute atomic E-state index is 5.80. The first-order valence-electron chi connectivity index (χ1n) is 40.3. The van der Waals surface area contributed by atoms with Crippen molar-refractivity contribution in [3.63, 3.8) is 0 Å². The monoisotopic (exact) mass is 1620 g/mol. The number of nitrogens with one attached hydrogen (secondary N) is 2. The van der Waals surface area contributed by atoms with Crippen LogP contribution in [0.1, 0.15) is 211 Å². The van der Waals surface area contributed by atoms with Gasteiger partial charge in [0.15, 0.2) is 23.3 Å². The Morgan fingerprint density at radius 2 is 0.321 bits per heavy atom. The summed E-state index contributed by atoms with van der Waals surface area (Å²) in [5.41, 5.74) is 43.3. The van der Waals surface area contributed by atoms with Gasteiger partial charge in [0.2, 0.25) is 0 Å². The highest BCUT2D eigenvalue weighted by Gasteiger charge is 2.41. The molecule has 0 unspecified atom stereocenters. The van der Waals surface area contributed by atoms with E-state index in [-0.39, 0.29) is 40.3 Å². The second-order valence-corrected chi connectivity index (χ2v) is 84.4. The first-order chi connectivity index (χ1) is 50.5. The van der Waals surface area contributed by atoms with E-state index in [0.29, 0.717) is 45.9 Å². The molecule has 0 saturated carbocycles. The van der Waals surface area contributed by atoms with E-state index in [9.17, 15) is 0 Å². The highest BCUT2D eigenvalue weighted by Crippen LogP contribution is 2.46. The van der Waals surface area contributed by atoms with Gasteiger partial charge in [-0.05, 0) is 88.8 Å². The van der Waals surface area contributed by atoms with Crippen LogP contribution in [0.3, 0.4) is 0 Å². The molecule has 0 saturated heterocycles. The molecule has 2 aliphatic rings. The summed E-state index contributed by atoms with van der Waals surface area (Å²) in [6.07, 6.45) is 0. The Morgan fingerprint density at radius 3 is 0.446 bits per heavy atom. The van der Waals surface area contributed by atoms with Gasteiger partial charge in [-0.2, -0.15) is 0 Å². The fourth-order valence-electron chi connectivity index (χ4n) is 10.1. The third-order valence-electron chi connectivity index (χ3n) is 27.5. The lowest BCUT2D eigenvalue weighted by Crippen LogP contribution is -2.35. The van der Waals surface area contributed by atoms with Crippen molar-refractivity contribution in [1.29, 1.82) is 0 Å². The fraction of sp³-hybridized carbons (Fsp3) is 0.500. The van der Waals surface area contributed by atoms with Gasteiger partial charge in [-0.25, -0.2) is 29.9 Å². The Labute approximate surface area is 684 Å². The summed E-state index contributed by atoms with van der Waals surface area (Å²) >= 11 is 0. The largest absolute Gasteiger partial charge is 0.324 e. The van der Waals surface area contributed by atoms with Gasteiger partial charge in [0.25, 0.3) is 0 Å². The van der Waals surface area contributed by atoms with Crippen molar-refractivity contribution in [2.75, 3.05) is 0 Å². The standard InChI is InChI=1S/C96H130N8Si8/c1-89(2,3)105(25,26)49-41-65-57-73-74(58-66(65)42-50-106(27,28)90(4,5)6)82-97-81(73)101-83-75-59-67(43-51-107(29,30)91(7,8)9)68(44-52-108(31,32)92(10,11)12)60-76(75)85(98-83)103-87-79-63-71(47-55-111(37,38)95(19,20)21)72(48-56-112(39,40)96(22,23)24)64-80(79)88(100-87)104-86-78-62-70(46-54-110(35,36)94(16,17)18)69(61-77(78)84(99-86)102-82)45-53-109(33,34)93(13,14)15/h57-64H,1-40H3,(H2,97,98,99,100,101,102,103,104). The van der Waals surface area contributed by atoms with E-state index in [1.807, 2.05) is 0 Å². The Kier molecular flexibility index (Phi) is 23.1. The van der Waals surface area contributed by atoms with Gasteiger partial charge in [0, 0.05) is 88.3 Å². The Balaban J connectivity index is 1.62. The molecule has 0 radical (unpaired) electrons. The van der Waals surface area contributed by atoms with Crippen LogP contribution in [0.25, 0.3) is 89.7 Å². The molecule has 2 aliphatic heterocycles. The number of hydrogen-bond acceptors (Lipinski definition) is 6. The average Bonchev–Trinajstić information content (AvgIpc) is 1.58. The Hall–Kier alpha value is -7.54. The third-order valence-corrected chi connectivity index (χ3v) is 63.5. The number of hydrogen-bond donors (Lipinski definition) is 2. The smallest absolute Gasteiger partial charge is 0.164 e. The van der Waals surface area contributed by atoms with Crippen LogP contribution >= 0.6 is 0 Å². The van der Waals surface area contributed by atoms with Crippen molar-refractivity contribution in [2.45, 2.75) is 311 Å². The molecule has 5 heterocycles. The molecule has 586 valence electrons. The number of aromatic nitrogens is 8. The topological polar surface area (TPSA) is 109 Å². The minimum absolute atomic E-state index is 0.00165. The van der Waals surface area contributed by atoms with Crippen molar-refractivity contribution in [1.82, 2.24) is 39.9 Å². The van der Waals surface area contributed by atoms with E-state index in [4.69, 9.17) is 29.9 Å². The Bertz CT molecular complexity index is 5090. The second kappa shape index (κ2) is 29.3. The number of rotatable bonds is 0. The Morgan fingerprint density at radius 1 is 0.196 bits per heavy atom. The molecule has 7 aromatic rings. The SMILES string of the molecule is CC(C)(C)[Si](C)(C)C#Cc1cc2c(cc1C#C[Si](C)(C)C(C)(C)C)-c1nc-2nc2[nH]c(nc3nc(nc4[nH]c(n1)c1cc(C#C[Si](C)(C)C(C)(C)C)c(C#C[Si](C)(C)C(C)(C)C)cc41)-c1cc(C#C[Si](C)(C)C(C)(C)C)c(C#C[Si](C)(C)C(C)(C)C)cc1-3)c1cc(C#C[Si](C)(C)C(C)(C)C)c(C#C[Si](C)(C)C(C)(C)C)cc21. The van der Waals surface area contributed by atoms with E-state index in [0.717, 1.165) is 88.3 Å². The van der Waals surface area contributed by atoms with Crippen molar-refractivity contribution in [2.24, 2.45) is 0 Å². The van der Waals surface area contributed by atoms with Crippen LogP contribution in [-0.4, -0.2) is 104 Å². The van der Waals surface area contributed by atoms with Crippen LogP contribution < -0.4 is 0 Å². The predicted octanol–water partition coefficient (Wildman–Crippen LogP) is 26.1. The molecule has 2 N–H and O–H groups in total. The summed E-state index contributed by atoms with van der Waals surface area (Å²) in [6.45, 7) is 93.4. The third kappa shape index (κ3) is 18.2. The van der Waals surface area contributed by atoms with E-state index in [1.54, 1.807) is 0 Å². The number of benzene rings is 4. The fourth-order valence-corrected chi connectivity index (χ4v) is 16.7. The van der Waals surface area contributed by atoms with Gasteiger partial charge < -0.3 is 9.97 Å². The summed E-state index contributed by atoms with van der Waals surface area (Å²) in [4.78, 5) is 42.2. The molecule has 0 amide bonds. The summed E-state index contributed by atoms with van der Waals surface area (Å²) in [6, 6.07) is 17.5. The second-order valence-electron chi connectivity index (χ2n) is 44.4. The molecular weight excluding hydrogens is 1490 g/mol. The van der Waals surface area contributed by atoms with Crippen molar-refractivity contribution >= 4 is 109 Å². The lowest BCUT2D eigenvalue weighted by molar-refractivity contribution is 0.730. The van der Waals surface area contributed by atoms with Crippen molar-refractivity contribution in [3.8, 4) is 137 Å². The molecule has 0 aliphatic carbocycles. The summed E-state index contributed by atoms with van der Waals surface area (Å²) < 4.78 is 0. The molecule has 112 heavy (non-hydrogen) atoms. The molecule has 3 aromatic heterocycles. The van der Waals surface area contributed by atoms with Crippen LogP contribution in [-0.2, 0) is 0 Å². The van der Waals surface area contributed by atoms with E-state index >= 15 is 0 Å². The maximum Gasteiger partial charge on any atom is 0.164 e. The molecule has 8 bridgehead atoms. The zero-order valence-corrected chi connectivity index (χ0v) is 84.3. The first kappa shape index (κ1) is 88.4. The maximum atomic E-state index is 5.80. The number of nitrogens with zero attached hydrogens (tertiary/aromatic N) is 6. The van der Waals surface area contributed by atoms with Gasteiger partial charge in [0.05, 0.1) is 0 Å². The van der Waals surface area contributed by atoms with Crippen molar-refractivity contribution in [3.05, 3.63) is 93.0 Å². The van der Waals surface area contributed by atoms with Gasteiger partial charge >= 0.3 is 0 Å². The average molecular weight is 1620 g/mol. The summed E-state index contributed by atoms with van der Waals surface area (Å²) in [5, 5.41) is 3.27. The van der Waals surface area contributed by atoms with Crippen LogP contribution in [0.2, 0.25) is 145 Å². The molecule has 0 atom stereocenters. The molecule has 0 fully saturated rings. The predicted molar refractivity (Wildman–Crippen MR) is 509 cm³/mol. The van der Waals surface area contributed by atoms with Crippen LogP contribution in [0.15, 0.2) is 48.5 Å². The normalized spacial score (nSPS) is 13.5. The van der Waals surface area contributed by atoms with Crippen LogP contribution in [0, 0.1) is 91.7 Å². The molecule has 4 aromatic carbocycles. The molecule has 8 nitrogen and oxygen atoms in total. The lowest BCUT2D eigenvalue weighted by atomic mass is 9.99. The van der Waals surface area contributed by atoms with E-state index in [2.05, 4.69) is 421 Å². The molecule has 0 spiro atoms. The minimum Gasteiger partial charge on any atom is -0.324 e. The molecular formula is C96H130N8Si8. The van der Waals surface area contributed by atoms with Gasteiger partial charge in [0.1, 0.15) is 87.2 Å². The van der Waals surface area contributed by atoms with E-state index in [1.165, 1.54) is 0 Å². The van der Waals surface area contributed by atoms with Gasteiger partial charge in [-0.3, -0.25) is 0 Å². The first-order valence-corrected chi connectivity index (χ1v) is 64.3. The lowest BCUT2D eigenvalue weighted by Gasteiger charge is -2.31. The molecule has 9 rings (SSSR count). The number of fused-ring (bicyclic) bond motifs is 20. The highest BCUT2D eigenvalue weighted by atomic mass is 28.3. The van der Waals surface area contributed by atoms with E-state index < -0.39 is 64.6 Å². The zero-order chi connectivity index (χ0) is 84.5. The number of aromatic amines is 2. The zero-order valence-electron chi connectivity index (χ0n) is 76.3. The minimum atomic E-state index is -2.18. The summed E-state index contributed by atoms with van der Waals surface area (Å²) in [7, 11) is -17.4. The van der Waals surface area contributed by atoms with Crippen LogP contribution in [0.4, 0.5) is 0 Å². The number of H-pyrrole nitrogens is 2. The quantitative estimate of drug-likeness (QED) is 0.116.